The minimum Gasteiger partial charge on any atom is -0.313 e. The van der Waals surface area contributed by atoms with Crippen molar-refractivity contribution >= 4 is 0 Å². The Bertz CT molecular complexity index is 168. The molecule has 1 heterocycles. The van der Waals surface area contributed by atoms with E-state index in [9.17, 15) is 0 Å². The Hall–Kier alpha value is -0.0400. The fourth-order valence-electron chi connectivity index (χ4n) is 2.81. The van der Waals surface area contributed by atoms with E-state index in [-0.39, 0.29) is 0 Å². The molecule has 70 valence electrons. The van der Waals surface area contributed by atoms with Crippen molar-refractivity contribution in [2.45, 2.75) is 46.1 Å². The molecule has 0 amide bonds. The maximum absolute atomic E-state index is 3.63. The molecule has 0 bridgehead atoms. The molecule has 1 heteroatoms. The molecule has 3 unspecified atom stereocenters. The van der Waals surface area contributed by atoms with Crippen LogP contribution in [0.1, 0.15) is 40.0 Å². The minimum absolute atomic E-state index is 0.525. The maximum Gasteiger partial charge on any atom is 0.00986 e. The lowest BCUT2D eigenvalue weighted by Crippen LogP contribution is -2.36. The Balaban J connectivity index is 1.89. The highest BCUT2D eigenvalue weighted by Gasteiger charge is 2.42. The molecule has 2 aliphatic rings. The Kier molecular flexibility index (Phi) is 1.95. The molecule has 0 aromatic heterocycles. The van der Waals surface area contributed by atoms with Crippen LogP contribution in [0, 0.1) is 17.3 Å². The highest BCUT2D eigenvalue weighted by Crippen LogP contribution is 2.43. The van der Waals surface area contributed by atoms with Crippen molar-refractivity contribution < 1.29 is 0 Å². The summed E-state index contributed by atoms with van der Waals surface area (Å²) in [7, 11) is 0. The summed E-state index contributed by atoms with van der Waals surface area (Å²) < 4.78 is 0. The van der Waals surface area contributed by atoms with Gasteiger partial charge in [-0.05, 0) is 43.1 Å². The van der Waals surface area contributed by atoms with Gasteiger partial charge in [-0.25, -0.2) is 0 Å². The van der Waals surface area contributed by atoms with Gasteiger partial charge in [-0.2, -0.15) is 0 Å². The van der Waals surface area contributed by atoms with Gasteiger partial charge >= 0.3 is 0 Å². The van der Waals surface area contributed by atoms with Crippen molar-refractivity contribution in [3.05, 3.63) is 0 Å². The first-order chi connectivity index (χ1) is 5.56. The van der Waals surface area contributed by atoms with Crippen molar-refractivity contribution in [1.29, 1.82) is 0 Å². The van der Waals surface area contributed by atoms with Gasteiger partial charge in [0.1, 0.15) is 0 Å². The van der Waals surface area contributed by atoms with E-state index >= 15 is 0 Å². The van der Waals surface area contributed by atoms with Crippen molar-refractivity contribution in [3.8, 4) is 0 Å². The molecule has 1 saturated heterocycles. The predicted octanol–water partition coefficient (Wildman–Crippen LogP) is 2.42. The Morgan fingerprint density at radius 2 is 2.00 bits per heavy atom. The molecule has 0 aromatic rings. The Labute approximate surface area is 75.9 Å². The third kappa shape index (κ3) is 1.52. The SMILES string of the molecule is CC(C)(C)CC1CNC2CCC12. The Morgan fingerprint density at radius 3 is 2.42 bits per heavy atom. The molecule has 1 saturated carbocycles. The third-order valence-electron chi connectivity index (χ3n) is 3.45. The normalized spacial score (nSPS) is 40.8. The molecule has 12 heavy (non-hydrogen) atoms. The van der Waals surface area contributed by atoms with Gasteiger partial charge in [0.2, 0.25) is 0 Å². The first-order valence-corrected chi connectivity index (χ1v) is 5.30. The fraction of sp³-hybridized carbons (Fsp3) is 1.00. The summed E-state index contributed by atoms with van der Waals surface area (Å²) >= 11 is 0. The van der Waals surface area contributed by atoms with Gasteiger partial charge in [-0.1, -0.05) is 20.8 Å². The quantitative estimate of drug-likeness (QED) is 0.632. The molecule has 0 spiro atoms. The zero-order valence-electron chi connectivity index (χ0n) is 8.56. The number of fused-ring (bicyclic) bond motifs is 1. The van der Waals surface area contributed by atoms with E-state index in [0.29, 0.717) is 5.41 Å². The molecule has 2 rings (SSSR count). The fourth-order valence-corrected chi connectivity index (χ4v) is 2.81. The van der Waals surface area contributed by atoms with Crippen LogP contribution in [0.2, 0.25) is 0 Å². The number of rotatable bonds is 1. The summed E-state index contributed by atoms with van der Waals surface area (Å²) in [6.45, 7) is 8.36. The third-order valence-corrected chi connectivity index (χ3v) is 3.45. The molecule has 1 nitrogen and oxygen atoms in total. The van der Waals surface area contributed by atoms with Crippen LogP contribution in [-0.2, 0) is 0 Å². The van der Waals surface area contributed by atoms with E-state index in [1.165, 1.54) is 25.8 Å². The highest BCUT2D eigenvalue weighted by atomic mass is 15.0. The molecule has 0 aromatic carbocycles. The van der Waals surface area contributed by atoms with E-state index in [4.69, 9.17) is 0 Å². The first kappa shape index (κ1) is 8.55. The van der Waals surface area contributed by atoms with Gasteiger partial charge in [0.25, 0.3) is 0 Å². The van der Waals surface area contributed by atoms with Gasteiger partial charge in [0.15, 0.2) is 0 Å². The topological polar surface area (TPSA) is 12.0 Å². The average Bonchev–Trinajstić information content (AvgIpc) is 2.02. The standard InChI is InChI=1S/C11H21N/c1-11(2,3)6-8-7-12-10-5-4-9(8)10/h8-10,12H,4-7H2,1-3H3. The number of hydrogen-bond acceptors (Lipinski definition) is 1. The van der Waals surface area contributed by atoms with E-state index in [0.717, 1.165) is 17.9 Å². The molecular weight excluding hydrogens is 146 g/mol. The molecule has 2 fully saturated rings. The zero-order chi connectivity index (χ0) is 8.77. The summed E-state index contributed by atoms with van der Waals surface area (Å²) in [5, 5.41) is 3.63. The van der Waals surface area contributed by atoms with Crippen LogP contribution in [0.5, 0.6) is 0 Å². The van der Waals surface area contributed by atoms with Gasteiger partial charge in [-0.15, -0.1) is 0 Å². The van der Waals surface area contributed by atoms with Gasteiger partial charge < -0.3 is 5.32 Å². The second-order valence-electron chi connectivity index (χ2n) is 5.78. The van der Waals surface area contributed by atoms with Crippen LogP contribution < -0.4 is 5.32 Å². The lowest BCUT2D eigenvalue weighted by atomic mass is 9.70. The van der Waals surface area contributed by atoms with Crippen molar-refractivity contribution in [1.82, 2.24) is 5.32 Å². The Morgan fingerprint density at radius 1 is 1.25 bits per heavy atom. The maximum atomic E-state index is 3.63. The number of hydrogen-bond donors (Lipinski definition) is 1. The first-order valence-electron chi connectivity index (χ1n) is 5.30. The monoisotopic (exact) mass is 167 g/mol. The molecule has 3 atom stereocenters. The second-order valence-corrected chi connectivity index (χ2v) is 5.78. The van der Waals surface area contributed by atoms with Crippen LogP contribution in [0.15, 0.2) is 0 Å². The van der Waals surface area contributed by atoms with Crippen molar-refractivity contribution in [3.63, 3.8) is 0 Å². The summed E-state index contributed by atoms with van der Waals surface area (Å²) in [4.78, 5) is 0. The summed E-state index contributed by atoms with van der Waals surface area (Å²) in [6, 6.07) is 0.900. The van der Waals surface area contributed by atoms with Gasteiger partial charge in [0, 0.05) is 6.04 Å². The van der Waals surface area contributed by atoms with Crippen LogP contribution in [0.4, 0.5) is 0 Å². The molecular formula is C11H21N. The van der Waals surface area contributed by atoms with Crippen LogP contribution in [-0.4, -0.2) is 12.6 Å². The predicted molar refractivity (Wildman–Crippen MR) is 52.1 cm³/mol. The van der Waals surface area contributed by atoms with Crippen LogP contribution in [0.25, 0.3) is 0 Å². The van der Waals surface area contributed by atoms with E-state index in [2.05, 4.69) is 26.1 Å². The number of nitrogens with one attached hydrogen (secondary N) is 1. The molecule has 1 aliphatic heterocycles. The molecule has 1 aliphatic carbocycles. The van der Waals surface area contributed by atoms with Crippen LogP contribution in [0.3, 0.4) is 0 Å². The van der Waals surface area contributed by atoms with Gasteiger partial charge in [-0.3, -0.25) is 0 Å². The second kappa shape index (κ2) is 2.73. The minimum atomic E-state index is 0.525. The lowest BCUT2D eigenvalue weighted by Gasteiger charge is -2.35. The zero-order valence-corrected chi connectivity index (χ0v) is 8.56. The van der Waals surface area contributed by atoms with Crippen molar-refractivity contribution in [2.75, 3.05) is 6.54 Å². The van der Waals surface area contributed by atoms with E-state index in [1.807, 2.05) is 0 Å². The van der Waals surface area contributed by atoms with E-state index in [1.54, 1.807) is 0 Å². The summed E-state index contributed by atoms with van der Waals surface area (Å²) in [5.41, 5.74) is 0.525. The molecule has 0 radical (unpaired) electrons. The van der Waals surface area contributed by atoms with Crippen molar-refractivity contribution in [2.24, 2.45) is 17.3 Å². The lowest BCUT2D eigenvalue weighted by molar-refractivity contribution is 0.180. The average molecular weight is 167 g/mol. The summed E-state index contributed by atoms with van der Waals surface area (Å²) in [6.07, 6.45) is 4.32. The summed E-state index contributed by atoms with van der Waals surface area (Å²) in [5.74, 6) is 2.01. The largest absolute Gasteiger partial charge is 0.313 e. The van der Waals surface area contributed by atoms with Crippen LogP contribution >= 0.6 is 0 Å². The smallest absolute Gasteiger partial charge is 0.00986 e. The van der Waals surface area contributed by atoms with Gasteiger partial charge in [0.05, 0.1) is 0 Å². The molecule has 1 N–H and O–H groups in total. The highest BCUT2D eigenvalue weighted by molar-refractivity contribution is 4.98. The van der Waals surface area contributed by atoms with E-state index < -0.39 is 0 Å².